The largest absolute Gasteiger partial charge is 0.464 e. The van der Waals surface area contributed by atoms with E-state index in [-0.39, 0.29) is 45.2 Å². The smallest absolute Gasteiger partial charge is 0.343 e. The highest BCUT2D eigenvalue weighted by atomic mass is 32.2. The van der Waals surface area contributed by atoms with Gasteiger partial charge < -0.3 is 14.8 Å². The minimum atomic E-state index is -3.76. The number of carbonyl (C=O) groups excluding carboxylic acids is 3. The number of ether oxygens (including phenoxy) is 2. The Hall–Kier alpha value is -1.77. The van der Waals surface area contributed by atoms with Crippen LogP contribution < -0.4 is 5.32 Å². The van der Waals surface area contributed by atoms with E-state index < -0.39 is 55.5 Å². The number of amides is 1. The van der Waals surface area contributed by atoms with Crippen molar-refractivity contribution < 1.29 is 49.1 Å². The Bertz CT molecular complexity index is 912. The lowest BCUT2D eigenvalue weighted by Gasteiger charge is -2.40. The Morgan fingerprint density at radius 2 is 1.35 bits per heavy atom. The van der Waals surface area contributed by atoms with Crippen molar-refractivity contribution in [1.29, 1.82) is 0 Å². The third-order valence-corrected chi connectivity index (χ3v) is 6.60. The van der Waals surface area contributed by atoms with Crippen LogP contribution in [0.15, 0.2) is 0 Å². The average Bonchev–Trinajstić information content (AvgIpc) is 2.69. The lowest BCUT2D eigenvalue weighted by molar-refractivity contribution is -0.170. The van der Waals surface area contributed by atoms with Crippen LogP contribution in [0.1, 0.15) is 46.5 Å². The standard InChI is InChI=1S/C20H35NO11S2/c1-6-29-18(23)20(21-14(3)22,19(24)30-7-2)11-17-10-15(12-31-33(4,25)26)8-9-16(17)13-32-34(5,27)28/h15-17H,6-13H2,1-5H3,(H,21,22)/t15-,16-,17+/m0/s1. The van der Waals surface area contributed by atoms with E-state index in [1.807, 2.05) is 0 Å². The summed E-state index contributed by atoms with van der Waals surface area (Å²) in [6, 6.07) is 0. The molecule has 34 heavy (non-hydrogen) atoms. The molecule has 0 spiro atoms. The van der Waals surface area contributed by atoms with Gasteiger partial charge in [-0.1, -0.05) is 0 Å². The summed E-state index contributed by atoms with van der Waals surface area (Å²) in [6.45, 7) is 3.80. The Morgan fingerprint density at radius 1 is 0.853 bits per heavy atom. The molecule has 0 aromatic carbocycles. The molecular formula is C20H35NO11S2. The molecule has 1 fully saturated rings. The van der Waals surface area contributed by atoms with E-state index in [9.17, 15) is 31.2 Å². The van der Waals surface area contributed by atoms with Gasteiger partial charge in [-0.25, -0.2) is 9.59 Å². The fraction of sp³-hybridized carbons (Fsp3) is 0.850. The summed E-state index contributed by atoms with van der Waals surface area (Å²) in [5.74, 6) is -3.88. The van der Waals surface area contributed by atoms with Crippen LogP contribution in [0.2, 0.25) is 0 Å². The minimum Gasteiger partial charge on any atom is -0.464 e. The summed E-state index contributed by atoms with van der Waals surface area (Å²) < 4.78 is 66.1. The maximum absolute atomic E-state index is 13.0. The molecule has 0 aromatic heterocycles. The van der Waals surface area contributed by atoms with Gasteiger partial charge in [0.05, 0.1) is 38.9 Å². The molecule has 1 N–H and O–H groups in total. The second-order valence-electron chi connectivity index (χ2n) is 8.41. The van der Waals surface area contributed by atoms with Gasteiger partial charge in [0, 0.05) is 6.92 Å². The van der Waals surface area contributed by atoms with Gasteiger partial charge in [-0.2, -0.15) is 16.8 Å². The lowest BCUT2D eigenvalue weighted by atomic mass is 9.69. The SMILES string of the molecule is CCOC(=O)C(C[C@H]1C[C@@H](COS(C)(=O)=O)CC[C@H]1COS(C)(=O)=O)(NC(C)=O)C(=O)OCC. The highest BCUT2D eigenvalue weighted by Gasteiger charge is 2.53. The molecule has 3 atom stereocenters. The van der Waals surface area contributed by atoms with Gasteiger partial charge in [-0.05, 0) is 57.3 Å². The van der Waals surface area contributed by atoms with Crippen molar-refractivity contribution in [1.82, 2.24) is 5.32 Å². The third kappa shape index (κ3) is 9.84. The summed E-state index contributed by atoms with van der Waals surface area (Å²) in [5.41, 5.74) is -2.16. The first-order valence-corrected chi connectivity index (χ1v) is 14.6. The molecular weight excluding hydrogens is 494 g/mol. The van der Waals surface area contributed by atoms with E-state index in [0.29, 0.717) is 12.8 Å². The fourth-order valence-corrected chi connectivity index (χ4v) is 4.94. The third-order valence-electron chi connectivity index (χ3n) is 5.47. The van der Waals surface area contributed by atoms with Gasteiger partial charge in [0.1, 0.15) is 0 Å². The molecule has 1 aliphatic rings. The predicted octanol–water partition coefficient (Wildman–Crippen LogP) is 0.363. The number of hydrogen-bond donors (Lipinski definition) is 1. The van der Waals surface area contributed by atoms with Gasteiger partial charge >= 0.3 is 11.9 Å². The van der Waals surface area contributed by atoms with Crippen molar-refractivity contribution in [3.63, 3.8) is 0 Å². The van der Waals surface area contributed by atoms with Gasteiger partial charge in [-0.15, -0.1) is 0 Å². The Labute approximate surface area is 201 Å². The van der Waals surface area contributed by atoms with Crippen molar-refractivity contribution in [2.24, 2.45) is 17.8 Å². The molecule has 0 bridgehead atoms. The van der Waals surface area contributed by atoms with E-state index >= 15 is 0 Å². The van der Waals surface area contributed by atoms with Crippen LogP contribution in [0.3, 0.4) is 0 Å². The van der Waals surface area contributed by atoms with Crippen molar-refractivity contribution in [3.05, 3.63) is 0 Å². The van der Waals surface area contributed by atoms with Crippen LogP contribution in [0.5, 0.6) is 0 Å². The number of esters is 2. The van der Waals surface area contributed by atoms with E-state index in [1.54, 1.807) is 13.8 Å². The van der Waals surface area contributed by atoms with Gasteiger partial charge in [-0.3, -0.25) is 13.2 Å². The van der Waals surface area contributed by atoms with Crippen molar-refractivity contribution in [2.45, 2.75) is 52.0 Å². The highest BCUT2D eigenvalue weighted by molar-refractivity contribution is 7.86. The second kappa shape index (κ2) is 12.8. The molecule has 1 aliphatic carbocycles. The lowest BCUT2D eigenvalue weighted by Crippen LogP contribution is -2.62. The molecule has 0 aromatic rings. The first-order valence-electron chi connectivity index (χ1n) is 11.0. The molecule has 0 aliphatic heterocycles. The average molecular weight is 530 g/mol. The molecule has 198 valence electrons. The zero-order valence-corrected chi connectivity index (χ0v) is 21.8. The molecule has 1 amide bonds. The number of hydrogen-bond acceptors (Lipinski definition) is 11. The molecule has 0 radical (unpaired) electrons. The normalized spacial score (nSPS) is 21.5. The van der Waals surface area contributed by atoms with E-state index in [4.69, 9.17) is 17.8 Å². The van der Waals surface area contributed by atoms with Gasteiger partial charge in [0.25, 0.3) is 20.2 Å². The van der Waals surface area contributed by atoms with Crippen molar-refractivity contribution >= 4 is 38.1 Å². The van der Waals surface area contributed by atoms with Crippen LogP contribution >= 0.6 is 0 Å². The molecule has 0 heterocycles. The summed E-state index contributed by atoms with van der Waals surface area (Å²) in [6.07, 6.45) is 2.80. The Balaban J connectivity index is 3.36. The first kappa shape index (κ1) is 30.3. The highest BCUT2D eigenvalue weighted by Crippen LogP contribution is 2.40. The van der Waals surface area contributed by atoms with Crippen LogP contribution in [-0.4, -0.2) is 79.2 Å². The van der Waals surface area contributed by atoms with Crippen molar-refractivity contribution in [3.8, 4) is 0 Å². The monoisotopic (exact) mass is 529 g/mol. The maximum atomic E-state index is 13.0. The summed E-state index contributed by atoms with van der Waals surface area (Å²) in [4.78, 5) is 38.0. The van der Waals surface area contributed by atoms with E-state index in [1.165, 1.54) is 0 Å². The molecule has 0 unspecified atom stereocenters. The zero-order chi connectivity index (χ0) is 26.2. The maximum Gasteiger partial charge on any atom is 0.343 e. The molecule has 1 saturated carbocycles. The quantitative estimate of drug-likeness (QED) is 0.199. The zero-order valence-electron chi connectivity index (χ0n) is 20.2. The first-order chi connectivity index (χ1) is 15.6. The number of rotatable bonds is 13. The van der Waals surface area contributed by atoms with Crippen LogP contribution in [0.4, 0.5) is 0 Å². The predicted molar refractivity (Wildman–Crippen MR) is 120 cm³/mol. The topological polar surface area (TPSA) is 168 Å². The molecule has 14 heteroatoms. The Morgan fingerprint density at radius 3 is 1.79 bits per heavy atom. The van der Waals surface area contributed by atoms with E-state index in [2.05, 4.69) is 5.32 Å². The summed E-state index contributed by atoms with van der Waals surface area (Å²) in [7, 11) is -7.45. The van der Waals surface area contributed by atoms with E-state index in [0.717, 1.165) is 19.4 Å². The van der Waals surface area contributed by atoms with Gasteiger partial charge in [0.15, 0.2) is 0 Å². The number of nitrogens with one attached hydrogen (secondary N) is 1. The summed E-state index contributed by atoms with van der Waals surface area (Å²) >= 11 is 0. The molecule has 0 saturated heterocycles. The molecule has 1 rings (SSSR count). The fourth-order valence-electron chi connectivity index (χ4n) is 4.08. The van der Waals surface area contributed by atoms with Gasteiger partial charge in [0.2, 0.25) is 11.4 Å². The number of carbonyl (C=O) groups is 3. The van der Waals surface area contributed by atoms with Crippen LogP contribution in [0.25, 0.3) is 0 Å². The Kier molecular flexibility index (Phi) is 11.4. The van der Waals surface area contributed by atoms with Crippen molar-refractivity contribution in [2.75, 3.05) is 38.9 Å². The summed E-state index contributed by atoms with van der Waals surface area (Å²) in [5, 5.41) is 2.40. The second-order valence-corrected chi connectivity index (χ2v) is 11.7. The minimum absolute atomic E-state index is 0.0598. The molecule has 12 nitrogen and oxygen atoms in total. The van der Waals surface area contributed by atoms with Crippen LogP contribution in [-0.2, 0) is 52.5 Å². The van der Waals surface area contributed by atoms with Crippen LogP contribution in [0, 0.1) is 17.8 Å².